The Morgan fingerprint density at radius 3 is 2.47 bits per heavy atom. The third kappa shape index (κ3) is 4.86. The van der Waals surface area contributed by atoms with Gasteiger partial charge in [-0.05, 0) is 54.3 Å². The number of hydrogen-bond acceptors (Lipinski definition) is 4. The summed E-state index contributed by atoms with van der Waals surface area (Å²) in [4.78, 5) is 28.7. The van der Waals surface area contributed by atoms with Crippen LogP contribution in [-0.4, -0.2) is 33.2 Å². The molecule has 0 saturated heterocycles. The SMILES string of the molecule is CCCCc1nc2ccc(C(=O)OCC)cc2n1Cc1ccc(-c2ccccc2C(=O)O)cc1. The number of unbranched alkanes of at least 4 members (excludes halogenated alkanes) is 1. The molecule has 1 heterocycles. The lowest BCUT2D eigenvalue weighted by molar-refractivity contribution is 0.0526. The number of nitrogens with zero attached hydrogens (tertiary/aromatic N) is 2. The van der Waals surface area contributed by atoms with Gasteiger partial charge >= 0.3 is 11.9 Å². The number of carboxylic acids is 1. The third-order valence-electron chi connectivity index (χ3n) is 5.86. The molecule has 0 aliphatic rings. The van der Waals surface area contributed by atoms with Gasteiger partial charge < -0.3 is 14.4 Å². The van der Waals surface area contributed by atoms with Crippen molar-refractivity contribution in [3.63, 3.8) is 0 Å². The highest BCUT2D eigenvalue weighted by atomic mass is 16.5. The van der Waals surface area contributed by atoms with Gasteiger partial charge in [-0.1, -0.05) is 55.8 Å². The number of ether oxygens (including phenoxy) is 1. The van der Waals surface area contributed by atoms with E-state index in [0.717, 1.165) is 47.2 Å². The summed E-state index contributed by atoms with van der Waals surface area (Å²) in [6.45, 7) is 4.87. The van der Waals surface area contributed by atoms with E-state index >= 15 is 0 Å². The van der Waals surface area contributed by atoms with Crippen molar-refractivity contribution in [2.24, 2.45) is 0 Å². The molecule has 174 valence electrons. The minimum atomic E-state index is -0.942. The Morgan fingerprint density at radius 1 is 1.00 bits per heavy atom. The van der Waals surface area contributed by atoms with Crippen molar-refractivity contribution in [1.29, 1.82) is 0 Å². The maximum absolute atomic E-state index is 12.3. The smallest absolute Gasteiger partial charge is 0.338 e. The molecule has 0 radical (unpaired) electrons. The van der Waals surface area contributed by atoms with Crippen LogP contribution in [0.5, 0.6) is 0 Å². The molecule has 34 heavy (non-hydrogen) atoms. The molecule has 0 aliphatic heterocycles. The van der Waals surface area contributed by atoms with Gasteiger partial charge in [-0.15, -0.1) is 0 Å². The predicted octanol–water partition coefficient (Wildman–Crippen LogP) is 5.97. The van der Waals surface area contributed by atoms with Gasteiger partial charge in [0.25, 0.3) is 0 Å². The van der Waals surface area contributed by atoms with Gasteiger partial charge in [0.05, 0.1) is 28.8 Å². The van der Waals surface area contributed by atoms with Crippen LogP contribution in [0.4, 0.5) is 0 Å². The lowest BCUT2D eigenvalue weighted by Crippen LogP contribution is -2.07. The topological polar surface area (TPSA) is 81.4 Å². The molecule has 0 bridgehead atoms. The van der Waals surface area contributed by atoms with Gasteiger partial charge in [0.1, 0.15) is 5.82 Å². The number of esters is 1. The first-order valence-electron chi connectivity index (χ1n) is 11.6. The number of hydrogen-bond donors (Lipinski definition) is 1. The number of fused-ring (bicyclic) bond motifs is 1. The lowest BCUT2D eigenvalue weighted by Gasteiger charge is -2.11. The van der Waals surface area contributed by atoms with Crippen LogP contribution in [0.25, 0.3) is 22.2 Å². The number of carboxylic acid groups (broad SMARTS) is 1. The zero-order valence-corrected chi connectivity index (χ0v) is 19.5. The molecule has 4 aromatic rings. The van der Waals surface area contributed by atoms with Crippen molar-refractivity contribution in [1.82, 2.24) is 9.55 Å². The predicted molar refractivity (Wildman–Crippen MR) is 132 cm³/mol. The van der Waals surface area contributed by atoms with Crippen molar-refractivity contribution in [3.05, 3.63) is 89.2 Å². The number of carbonyl (C=O) groups excluding carboxylic acids is 1. The summed E-state index contributed by atoms with van der Waals surface area (Å²) in [6, 6.07) is 20.4. The first kappa shape index (κ1) is 23.2. The third-order valence-corrected chi connectivity index (χ3v) is 5.86. The van der Waals surface area contributed by atoms with Gasteiger partial charge in [0, 0.05) is 13.0 Å². The largest absolute Gasteiger partial charge is 0.478 e. The fourth-order valence-electron chi connectivity index (χ4n) is 4.11. The van der Waals surface area contributed by atoms with E-state index in [4.69, 9.17) is 9.72 Å². The van der Waals surface area contributed by atoms with Gasteiger partial charge in [-0.25, -0.2) is 14.6 Å². The van der Waals surface area contributed by atoms with Crippen LogP contribution in [0, 0.1) is 0 Å². The number of aryl methyl sites for hydroxylation is 1. The summed E-state index contributed by atoms with van der Waals surface area (Å²) in [5.41, 5.74) is 5.16. The summed E-state index contributed by atoms with van der Waals surface area (Å²) in [5, 5.41) is 9.51. The first-order valence-corrected chi connectivity index (χ1v) is 11.6. The minimum Gasteiger partial charge on any atom is -0.478 e. The van der Waals surface area contributed by atoms with E-state index in [1.807, 2.05) is 48.5 Å². The molecule has 6 nitrogen and oxygen atoms in total. The Hall–Kier alpha value is -3.93. The van der Waals surface area contributed by atoms with Crippen LogP contribution in [0.2, 0.25) is 0 Å². The van der Waals surface area contributed by atoms with E-state index < -0.39 is 5.97 Å². The Labute approximate surface area is 198 Å². The maximum atomic E-state index is 12.3. The van der Waals surface area contributed by atoms with Crippen LogP contribution in [0.15, 0.2) is 66.7 Å². The molecule has 1 N–H and O–H groups in total. The molecule has 4 rings (SSSR count). The molecule has 3 aromatic carbocycles. The summed E-state index contributed by atoms with van der Waals surface area (Å²) in [7, 11) is 0. The van der Waals surface area contributed by atoms with Crippen molar-refractivity contribution < 1.29 is 19.4 Å². The molecule has 0 aliphatic carbocycles. The summed E-state index contributed by atoms with van der Waals surface area (Å²) in [5.74, 6) is -0.297. The summed E-state index contributed by atoms with van der Waals surface area (Å²) >= 11 is 0. The average Bonchev–Trinajstić information content (AvgIpc) is 3.19. The van der Waals surface area contributed by atoms with Crippen LogP contribution in [-0.2, 0) is 17.7 Å². The van der Waals surface area contributed by atoms with E-state index in [0.29, 0.717) is 24.3 Å². The molecule has 0 saturated carbocycles. The second-order valence-electron chi connectivity index (χ2n) is 8.19. The Kier molecular flexibility index (Phi) is 7.07. The fourth-order valence-corrected chi connectivity index (χ4v) is 4.11. The normalized spacial score (nSPS) is 11.0. The van der Waals surface area contributed by atoms with Gasteiger partial charge in [0.2, 0.25) is 0 Å². The summed E-state index contributed by atoms with van der Waals surface area (Å²) < 4.78 is 7.34. The zero-order chi connectivity index (χ0) is 24.1. The number of aromatic nitrogens is 2. The zero-order valence-electron chi connectivity index (χ0n) is 19.5. The van der Waals surface area contributed by atoms with Crippen LogP contribution >= 0.6 is 0 Å². The van der Waals surface area contributed by atoms with Crippen LogP contribution in [0.3, 0.4) is 0 Å². The first-order chi connectivity index (χ1) is 16.5. The molecule has 0 unspecified atom stereocenters. The second kappa shape index (κ2) is 10.3. The molecule has 0 spiro atoms. The van der Waals surface area contributed by atoms with Crippen molar-refractivity contribution >= 4 is 23.0 Å². The highest BCUT2D eigenvalue weighted by molar-refractivity contribution is 5.96. The molecule has 6 heteroatoms. The number of imidazole rings is 1. The molecular formula is C28H28N2O4. The number of rotatable bonds is 9. The van der Waals surface area contributed by atoms with E-state index in [2.05, 4.69) is 11.5 Å². The van der Waals surface area contributed by atoms with Crippen molar-refractivity contribution in [2.45, 2.75) is 39.7 Å². The molecule has 0 amide bonds. The Balaban J connectivity index is 1.69. The molecule has 0 atom stereocenters. The molecule has 1 aromatic heterocycles. The van der Waals surface area contributed by atoms with E-state index in [9.17, 15) is 14.7 Å². The van der Waals surface area contributed by atoms with Gasteiger partial charge in [-0.3, -0.25) is 0 Å². The molecule has 0 fully saturated rings. The van der Waals surface area contributed by atoms with Gasteiger partial charge in [0.15, 0.2) is 0 Å². The van der Waals surface area contributed by atoms with E-state index in [1.165, 1.54) is 0 Å². The quantitative estimate of drug-likeness (QED) is 0.314. The average molecular weight is 457 g/mol. The number of carbonyl (C=O) groups is 2. The number of benzene rings is 3. The standard InChI is InChI=1S/C28H28N2O4/c1-3-5-10-26-29-24-16-15-21(28(33)34-4-2)17-25(24)30(26)18-19-11-13-20(14-12-19)22-8-6-7-9-23(22)27(31)32/h6-9,11-17H,3-5,10,18H2,1-2H3,(H,31,32). The maximum Gasteiger partial charge on any atom is 0.338 e. The summed E-state index contributed by atoms with van der Waals surface area (Å²) in [6.07, 6.45) is 2.94. The van der Waals surface area contributed by atoms with Crippen molar-refractivity contribution in [2.75, 3.05) is 6.61 Å². The Morgan fingerprint density at radius 2 is 1.76 bits per heavy atom. The second-order valence-corrected chi connectivity index (χ2v) is 8.19. The molecular weight excluding hydrogens is 428 g/mol. The highest BCUT2D eigenvalue weighted by Gasteiger charge is 2.15. The van der Waals surface area contributed by atoms with Crippen LogP contribution < -0.4 is 0 Å². The van der Waals surface area contributed by atoms with Crippen LogP contribution in [0.1, 0.15) is 58.8 Å². The monoisotopic (exact) mass is 456 g/mol. The fraction of sp³-hybridized carbons (Fsp3) is 0.250. The van der Waals surface area contributed by atoms with E-state index in [-0.39, 0.29) is 11.5 Å². The Bertz CT molecular complexity index is 1320. The number of aromatic carboxylic acids is 1. The highest BCUT2D eigenvalue weighted by Crippen LogP contribution is 2.26. The van der Waals surface area contributed by atoms with Crippen molar-refractivity contribution in [3.8, 4) is 11.1 Å². The van der Waals surface area contributed by atoms with Gasteiger partial charge in [-0.2, -0.15) is 0 Å². The minimum absolute atomic E-state index is 0.282. The lowest BCUT2D eigenvalue weighted by atomic mass is 9.99. The van der Waals surface area contributed by atoms with E-state index in [1.54, 1.807) is 25.1 Å².